The molecule has 8 nitrogen and oxygen atoms in total. The number of nitrogens with zero attached hydrogens (tertiary/aromatic N) is 4. The van der Waals surface area contributed by atoms with Gasteiger partial charge in [-0.15, -0.1) is 0 Å². The van der Waals surface area contributed by atoms with Crippen molar-refractivity contribution < 1.29 is 14.1 Å². The molecule has 0 radical (unpaired) electrons. The fraction of sp³-hybridized carbons (Fsp3) is 0.391. The lowest BCUT2D eigenvalue weighted by Gasteiger charge is -2.21. The maximum Gasteiger partial charge on any atom is 0.268 e. The minimum atomic E-state index is -0.392. The van der Waals surface area contributed by atoms with Crippen LogP contribution in [0, 0.1) is 6.92 Å². The van der Waals surface area contributed by atoms with E-state index in [1.807, 2.05) is 19.1 Å². The quantitative estimate of drug-likeness (QED) is 0.579. The Hall–Kier alpha value is -3.42. The van der Waals surface area contributed by atoms with Gasteiger partial charge in [-0.1, -0.05) is 23.7 Å². The number of aryl methyl sites for hydroxylation is 1. The number of rotatable bonds is 7. The Morgan fingerprint density at radius 1 is 1.29 bits per heavy atom. The molecule has 8 heteroatoms. The van der Waals surface area contributed by atoms with E-state index in [9.17, 15) is 9.59 Å². The van der Waals surface area contributed by atoms with E-state index in [0.29, 0.717) is 41.2 Å². The summed E-state index contributed by atoms with van der Waals surface area (Å²) in [6.45, 7) is 4.22. The molecule has 2 aromatic heterocycles. The summed E-state index contributed by atoms with van der Waals surface area (Å²) in [5.41, 5.74) is 0.924. The molecular weight excluding hydrogens is 396 g/mol. The Kier molecular flexibility index (Phi) is 5.88. The monoisotopic (exact) mass is 422 g/mol. The molecule has 3 aromatic rings. The highest BCUT2D eigenvalue weighted by atomic mass is 16.5. The van der Waals surface area contributed by atoms with Crippen LogP contribution in [0.1, 0.15) is 59.7 Å². The first kappa shape index (κ1) is 20.8. The Bertz CT molecular complexity index is 1150. The number of carbonyl (C=O) groups excluding carboxylic acids is 1. The number of ether oxygens (including phenoxy) is 1. The van der Waals surface area contributed by atoms with Crippen molar-refractivity contribution in [2.45, 2.75) is 45.6 Å². The second-order valence-electron chi connectivity index (χ2n) is 7.72. The molecule has 1 aliphatic carbocycles. The average Bonchev–Trinajstić information content (AvgIpc) is 3.18. The SMILES string of the molecule is CCN(Cc1noc(C2CCC2)n1)C(=O)c1c(C)ccn(-c2ccccc2OC)c1=O. The van der Waals surface area contributed by atoms with E-state index >= 15 is 0 Å². The summed E-state index contributed by atoms with van der Waals surface area (Å²) in [6.07, 6.45) is 4.95. The molecule has 0 atom stereocenters. The number of hydrogen-bond acceptors (Lipinski definition) is 6. The molecule has 0 N–H and O–H groups in total. The van der Waals surface area contributed by atoms with Crippen molar-refractivity contribution in [3.8, 4) is 11.4 Å². The molecule has 0 spiro atoms. The van der Waals surface area contributed by atoms with Gasteiger partial charge in [0, 0.05) is 18.7 Å². The molecule has 31 heavy (non-hydrogen) atoms. The van der Waals surface area contributed by atoms with E-state index in [4.69, 9.17) is 9.26 Å². The highest BCUT2D eigenvalue weighted by Crippen LogP contribution is 2.35. The van der Waals surface area contributed by atoms with Gasteiger partial charge in [-0.2, -0.15) is 4.98 Å². The second-order valence-corrected chi connectivity index (χ2v) is 7.72. The summed E-state index contributed by atoms with van der Waals surface area (Å²) >= 11 is 0. The molecule has 0 unspecified atom stereocenters. The number of pyridine rings is 1. The number of amides is 1. The summed E-state index contributed by atoms with van der Waals surface area (Å²) in [5, 5.41) is 4.04. The van der Waals surface area contributed by atoms with E-state index in [1.54, 1.807) is 43.3 Å². The van der Waals surface area contributed by atoms with Crippen LogP contribution in [0.25, 0.3) is 5.69 Å². The molecule has 162 valence electrons. The topological polar surface area (TPSA) is 90.5 Å². The Balaban J connectivity index is 1.65. The smallest absolute Gasteiger partial charge is 0.268 e. The zero-order valence-electron chi connectivity index (χ0n) is 18.0. The average molecular weight is 422 g/mol. The van der Waals surface area contributed by atoms with E-state index in [-0.39, 0.29) is 18.0 Å². The van der Waals surface area contributed by atoms with Gasteiger partial charge in [-0.05, 0) is 50.5 Å². The van der Waals surface area contributed by atoms with E-state index in [0.717, 1.165) is 12.8 Å². The number of benzene rings is 1. The zero-order chi connectivity index (χ0) is 22.0. The van der Waals surface area contributed by atoms with Crippen molar-refractivity contribution in [3.05, 3.63) is 69.7 Å². The maximum absolute atomic E-state index is 13.4. The molecule has 1 amide bonds. The number of aromatic nitrogens is 3. The fourth-order valence-electron chi connectivity index (χ4n) is 3.71. The lowest BCUT2D eigenvalue weighted by Crippen LogP contribution is -2.37. The predicted molar refractivity (Wildman–Crippen MR) is 115 cm³/mol. The van der Waals surface area contributed by atoms with E-state index in [2.05, 4.69) is 10.1 Å². The van der Waals surface area contributed by atoms with Crippen LogP contribution in [0.15, 0.2) is 45.8 Å². The minimum absolute atomic E-state index is 0.123. The number of methoxy groups -OCH3 is 1. The van der Waals surface area contributed by atoms with Crippen LogP contribution in [-0.4, -0.2) is 39.2 Å². The van der Waals surface area contributed by atoms with Crippen LogP contribution in [0.2, 0.25) is 0 Å². The van der Waals surface area contributed by atoms with Gasteiger partial charge in [0.15, 0.2) is 5.82 Å². The summed E-state index contributed by atoms with van der Waals surface area (Å²) in [6, 6.07) is 8.97. The number of para-hydroxylation sites is 2. The number of carbonyl (C=O) groups is 1. The molecular formula is C23H26N4O4. The van der Waals surface area contributed by atoms with Gasteiger partial charge >= 0.3 is 0 Å². The minimum Gasteiger partial charge on any atom is -0.495 e. The molecule has 1 aliphatic rings. The van der Waals surface area contributed by atoms with Gasteiger partial charge in [0.1, 0.15) is 11.3 Å². The standard InChI is InChI=1S/C23H26N4O4/c1-4-26(14-19-24-21(31-25-19)16-8-7-9-16)22(28)20-15(2)12-13-27(23(20)29)17-10-5-6-11-18(17)30-3/h5-6,10-13,16H,4,7-9,14H2,1-3H3. The van der Waals surface area contributed by atoms with Gasteiger partial charge < -0.3 is 14.2 Å². The summed E-state index contributed by atoms with van der Waals surface area (Å²) in [5.74, 6) is 1.62. The third-order valence-electron chi connectivity index (χ3n) is 5.80. The lowest BCUT2D eigenvalue weighted by molar-refractivity contribution is 0.0744. The molecule has 1 aromatic carbocycles. The highest BCUT2D eigenvalue weighted by molar-refractivity contribution is 5.95. The molecule has 1 fully saturated rings. The van der Waals surface area contributed by atoms with Crippen molar-refractivity contribution in [2.75, 3.05) is 13.7 Å². The van der Waals surface area contributed by atoms with Crippen molar-refractivity contribution in [1.29, 1.82) is 0 Å². The molecule has 1 saturated carbocycles. The second kappa shape index (κ2) is 8.75. The molecule has 0 saturated heterocycles. The molecule has 2 heterocycles. The summed E-state index contributed by atoms with van der Waals surface area (Å²) in [7, 11) is 1.55. The van der Waals surface area contributed by atoms with Gasteiger partial charge in [0.05, 0.1) is 19.3 Å². The van der Waals surface area contributed by atoms with Crippen molar-refractivity contribution in [3.63, 3.8) is 0 Å². The largest absolute Gasteiger partial charge is 0.495 e. The lowest BCUT2D eigenvalue weighted by atomic mass is 9.85. The van der Waals surface area contributed by atoms with E-state index < -0.39 is 5.56 Å². The Morgan fingerprint density at radius 2 is 2.06 bits per heavy atom. The normalized spacial score (nSPS) is 13.6. The van der Waals surface area contributed by atoms with Crippen LogP contribution in [0.5, 0.6) is 5.75 Å². The van der Waals surface area contributed by atoms with Crippen LogP contribution in [0.4, 0.5) is 0 Å². The fourth-order valence-corrected chi connectivity index (χ4v) is 3.71. The Morgan fingerprint density at radius 3 is 2.74 bits per heavy atom. The van der Waals surface area contributed by atoms with Gasteiger partial charge in [0.25, 0.3) is 11.5 Å². The molecule has 0 aliphatic heterocycles. The van der Waals surface area contributed by atoms with Crippen LogP contribution in [0.3, 0.4) is 0 Å². The van der Waals surface area contributed by atoms with Crippen LogP contribution >= 0.6 is 0 Å². The van der Waals surface area contributed by atoms with Crippen molar-refractivity contribution >= 4 is 5.91 Å². The highest BCUT2D eigenvalue weighted by Gasteiger charge is 2.27. The summed E-state index contributed by atoms with van der Waals surface area (Å²) < 4.78 is 12.2. The molecule has 4 rings (SSSR count). The summed E-state index contributed by atoms with van der Waals surface area (Å²) in [4.78, 5) is 32.7. The Labute approximate surface area is 180 Å². The zero-order valence-corrected chi connectivity index (χ0v) is 18.0. The van der Waals surface area contributed by atoms with Crippen molar-refractivity contribution in [2.24, 2.45) is 0 Å². The van der Waals surface area contributed by atoms with Gasteiger partial charge in [0.2, 0.25) is 5.89 Å². The van der Waals surface area contributed by atoms with Gasteiger partial charge in [-0.3, -0.25) is 14.2 Å². The number of hydrogen-bond donors (Lipinski definition) is 0. The van der Waals surface area contributed by atoms with Gasteiger partial charge in [-0.25, -0.2) is 0 Å². The first-order valence-electron chi connectivity index (χ1n) is 10.5. The first-order valence-corrected chi connectivity index (χ1v) is 10.5. The van der Waals surface area contributed by atoms with Crippen LogP contribution in [-0.2, 0) is 6.54 Å². The van der Waals surface area contributed by atoms with E-state index in [1.165, 1.54) is 11.0 Å². The predicted octanol–water partition coefficient (Wildman–Crippen LogP) is 3.47. The van der Waals surface area contributed by atoms with Crippen molar-refractivity contribution in [1.82, 2.24) is 19.6 Å². The maximum atomic E-state index is 13.4. The molecule has 0 bridgehead atoms. The first-order chi connectivity index (χ1) is 15.0. The third-order valence-corrected chi connectivity index (χ3v) is 5.80. The third kappa shape index (κ3) is 3.97. The van der Waals surface area contributed by atoms with Crippen LogP contribution < -0.4 is 10.3 Å².